The molecule has 0 saturated carbocycles. The highest BCUT2D eigenvalue weighted by atomic mass is 35.5. The van der Waals surface area contributed by atoms with Crippen LogP contribution in [-0.4, -0.2) is 30.4 Å². The van der Waals surface area contributed by atoms with Crippen LogP contribution in [0.1, 0.15) is 12.0 Å². The van der Waals surface area contributed by atoms with Gasteiger partial charge in [-0.05, 0) is 24.1 Å². The van der Waals surface area contributed by atoms with Gasteiger partial charge in [-0.3, -0.25) is 14.9 Å². The molecule has 0 spiro atoms. The van der Waals surface area contributed by atoms with Crippen LogP contribution in [0.5, 0.6) is 0 Å². The number of rotatable bonds is 4. The minimum absolute atomic E-state index is 0.0431. The molecule has 4 amide bonds. The molecule has 0 radical (unpaired) electrons. The summed E-state index contributed by atoms with van der Waals surface area (Å²) in [5.41, 5.74) is 1.04. The van der Waals surface area contributed by atoms with E-state index in [2.05, 4.69) is 16.0 Å². The van der Waals surface area contributed by atoms with Crippen LogP contribution in [0.15, 0.2) is 24.3 Å². The van der Waals surface area contributed by atoms with Gasteiger partial charge in [0.1, 0.15) is 6.04 Å². The lowest BCUT2D eigenvalue weighted by Gasteiger charge is -2.22. The summed E-state index contributed by atoms with van der Waals surface area (Å²) in [5, 5.41) is 7.82. The lowest BCUT2D eigenvalue weighted by molar-refractivity contribution is -0.128. The molecule has 0 aliphatic carbocycles. The van der Waals surface area contributed by atoms with Gasteiger partial charge in [0.15, 0.2) is 0 Å². The molecular formula is C13H14ClN3O3. The van der Waals surface area contributed by atoms with Gasteiger partial charge in [0.25, 0.3) is 0 Å². The van der Waals surface area contributed by atoms with E-state index in [1.54, 1.807) is 12.1 Å². The molecule has 6 nitrogen and oxygen atoms in total. The summed E-state index contributed by atoms with van der Waals surface area (Å²) in [4.78, 5) is 34.0. The van der Waals surface area contributed by atoms with Crippen LogP contribution < -0.4 is 16.0 Å². The summed E-state index contributed by atoms with van der Waals surface area (Å²) >= 11 is 5.78. The van der Waals surface area contributed by atoms with Crippen molar-refractivity contribution in [2.75, 3.05) is 6.54 Å². The number of urea groups is 1. The Labute approximate surface area is 120 Å². The molecule has 1 aliphatic rings. The number of imide groups is 1. The number of nitrogens with one attached hydrogen (secondary N) is 3. The Morgan fingerprint density at radius 3 is 2.65 bits per heavy atom. The normalized spacial score (nSPS) is 18.1. The highest BCUT2D eigenvalue weighted by molar-refractivity contribution is 6.30. The van der Waals surface area contributed by atoms with Crippen molar-refractivity contribution in [1.29, 1.82) is 0 Å². The lowest BCUT2D eigenvalue weighted by Crippen LogP contribution is -2.57. The van der Waals surface area contributed by atoms with Crippen molar-refractivity contribution in [2.45, 2.75) is 18.9 Å². The van der Waals surface area contributed by atoms with Crippen molar-refractivity contribution in [3.8, 4) is 0 Å². The molecule has 0 bridgehead atoms. The summed E-state index contributed by atoms with van der Waals surface area (Å²) in [6.07, 6.45) is 0.605. The average molecular weight is 296 g/mol. The first-order chi connectivity index (χ1) is 9.54. The zero-order chi connectivity index (χ0) is 14.5. The van der Waals surface area contributed by atoms with E-state index in [0.29, 0.717) is 18.0 Å². The first-order valence-electron chi connectivity index (χ1n) is 6.17. The molecule has 1 unspecified atom stereocenters. The molecule has 0 aromatic heterocycles. The van der Waals surface area contributed by atoms with E-state index in [1.807, 2.05) is 12.1 Å². The van der Waals surface area contributed by atoms with Crippen molar-refractivity contribution in [1.82, 2.24) is 16.0 Å². The van der Waals surface area contributed by atoms with Crippen LogP contribution in [0.2, 0.25) is 5.02 Å². The van der Waals surface area contributed by atoms with Gasteiger partial charge in [0, 0.05) is 11.6 Å². The highest BCUT2D eigenvalue weighted by Gasteiger charge is 2.28. The zero-order valence-corrected chi connectivity index (χ0v) is 11.4. The molecule has 1 heterocycles. The molecule has 1 atom stereocenters. The number of hydrogen-bond donors (Lipinski definition) is 3. The molecule has 1 aromatic carbocycles. The largest absolute Gasteiger partial charge is 0.354 e. The maximum atomic E-state index is 11.8. The minimum atomic E-state index is -0.804. The van der Waals surface area contributed by atoms with Gasteiger partial charge >= 0.3 is 6.03 Å². The molecule has 1 saturated heterocycles. The van der Waals surface area contributed by atoms with Crippen LogP contribution in [0, 0.1) is 0 Å². The summed E-state index contributed by atoms with van der Waals surface area (Å²) < 4.78 is 0. The van der Waals surface area contributed by atoms with Gasteiger partial charge < -0.3 is 10.6 Å². The summed E-state index contributed by atoms with van der Waals surface area (Å²) in [5.74, 6) is -0.811. The van der Waals surface area contributed by atoms with Crippen molar-refractivity contribution >= 4 is 29.4 Å². The van der Waals surface area contributed by atoms with Gasteiger partial charge in [-0.1, -0.05) is 23.7 Å². The van der Waals surface area contributed by atoms with Gasteiger partial charge in [0.05, 0.1) is 6.42 Å². The van der Waals surface area contributed by atoms with Gasteiger partial charge in [-0.2, -0.15) is 0 Å². The third-order valence-corrected chi connectivity index (χ3v) is 3.14. The predicted octanol–water partition coefficient (Wildman–Crippen LogP) is 0.597. The first-order valence-corrected chi connectivity index (χ1v) is 6.55. The second-order valence-electron chi connectivity index (χ2n) is 4.45. The minimum Gasteiger partial charge on any atom is -0.354 e. The fraction of sp³-hybridized carbons (Fsp3) is 0.308. The molecule has 3 N–H and O–H groups in total. The Morgan fingerprint density at radius 2 is 2.00 bits per heavy atom. The summed E-state index contributed by atoms with van der Waals surface area (Å²) in [7, 11) is 0. The maximum Gasteiger partial charge on any atom is 0.322 e. The average Bonchev–Trinajstić information content (AvgIpc) is 2.40. The number of hydrogen-bond acceptors (Lipinski definition) is 3. The molecule has 1 fully saturated rings. The Bertz CT molecular complexity index is 514. The smallest absolute Gasteiger partial charge is 0.322 e. The van der Waals surface area contributed by atoms with E-state index in [1.165, 1.54) is 0 Å². The summed E-state index contributed by atoms with van der Waals surface area (Å²) in [6, 6.07) is 5.88. The van der Waals surface area contributed by atoms with E-state index in [4.69, 9.17) is 11.6 Å². The summed E-state index contributed by atoms with van der Waals surface area (Å²) in [6.45, 7) is 0.425. The zero-order valence-electron chi connectivity index (χ0n) is 10.6. The van der Waals surface area contributed by atoms with E-state index in [0.717, 1.165) is 5.56 Å². The molecule has 20 heavy (non-hydrogen) atoms. The Hall–Kier alpha value is -2.08. The SMILES string of the molecule is O=C1CC(C(=O)NCCc2ccc(Cl)cc2)NC(=O)N1. The van der Waals surface area contributed by atoms with Crippen LogP contribution in [0.4, 0.5) is 4.79 Å². The molecular weight excluding hydrogens is 282 g/mol. The Kier molecular flexibility index (Phi) is 4.57. The van der Waals surface area contributed by atoms with E-state index >= 15 is 0 Å². The molecule has 1 aromatic rings. The van der Waals surface area contributed by atoms with E-state index in [9.17, 15) is 14.4 Å². The first kappa shape index (κ1) is 14.3. The fourth-order valence-corrected chi connectivity index (χ4v) is 2.00. The standard InChI is InChI=1S/C13H14ClN3O3/c14-9-3-1-8(2-4-9)5-6-15-12(19)10-7-11(18)17-13(20)16-10/h1-4,10H,5-7H2,(H,15,19)(H2,16,17,18,20). The quantitative estimate of drug-likeness (QED) is 0.760. The second-order valence-corrected chi connectivity index (χ2v) is 4.88. The van der Waals surface area contributed by atoms with Crippen molar-refractivity contribution < 1.29 is 14.4 Å². The van der Waals surface area contributed by atoms with Crippen LogP contribution in [0.25, 0.3) is 0 Å². The Balaban J connectivity index is 1.78. The number of carbonyl (C=O) groups is 3. The van der Waals surface area contributed by atoms with Gasteiger partial charge in [0.2, 0.25) is 11.8 Å². The molecule has 106 valence electrons. The Morgan fingerprint density at radius 1 is 1.30 bits per heavy atom. The lowest BCUT2D eigenvalue weighted by atomic mass is 10.1. The third-order valence-electron chi connectivity index (χ3n) is 2.89. The topological polar surface area (TPSA) is 87.3 Å². The van der Waals surface area contributed by atoms with Crippen LogP contribution in [-0.2, 0) is 16.0 Å². The third kappa shape index (κ3) is 3.96. The van der Waals surface area contributed by atoms with Crippen molar-refractivity contribution in [3.63, 3.8) is 0 Å². The van der Waals surface area contributed by atoms with Gasteiger partial charge in [-0.15, -0.1) is 0 Å². The second kappa shape index (κ2) is 6.38. The van der Waals surface area contributed by atoms with E-state index in [-0.39, 0.29) is 12.3 Å². The molecule has 2 rings (SSSR count). The van der Waals surface area contributed by atoms with Gasteiger partial charge in [-0.25, -0.2) is 4.79 Å². The fourth-order valence-electron chi connectivity index (χ4n) is 1.87. The van der Waals surface area contributed by atoms with Crippen molar-refractivity contribution in [2.24, 2.45) is 0 Å². The number of benzene rings is 1. The van der Waals surface area contributed by atoms with Crippen LogP contribution >= 0.6 is 11.6 Å². The van der Waals surface area contributed by atoms with E-state index < -0.39 is 18.0 Å². The monoisotopic (exact) mass is 295 g/mol. The number of halogens is 1. The number of amides is 4. The highest BCUT2D eigenvalue weighted by Crippen LogP contribution is 2.09. The molecule has 1 aliphatic heterocycles. The predicted molar refractivity (Wildman–Crippen MR) is 73.2 cm³/mol. The van der Waals surface area contributed by atoms with Crippen LogP contribution in [0.3, 0.4) is 0 Å². The maximum absolute atomic E-state index is 11.8. The molecule has 7 heteroatoms. The number of carbonyl (C=O) groups excluding carboxylic acids is 3. The van der Waals surface area contributed by atoms with Crippen molar-refractivity contribution in [3.05, 3.63) is 34.9 Å².